The van der Waals surface area contributed by atoms with Gasteiger partial charge in [0.15, 0.2) is 0 Å². The van der Waals surface area contributed by atoms with Gasteiger partial charge < -0.3 is 9.64 Å². The molecule has 1 N–H and O–H groups in total. The highest BCUT2D eigenvalue weighted by molar-refractivity contribution is 5.82. The molecule has 6 heteroatoms. The van der Waals surface area contributed by atoms with E-state index in [0.717, 1.165) is 19.4 Å². The Hall–Kier alpha value is -0.750. The van der Waals surface area contributed by atoms with Crippen LogP contribution in [0.15, 0.2) is 0 Å². The van der Waals surface area contributed by atoms with Gasteiger partial charge in [0.25, 0.3) is 5.92 Å². The Morgan fingerprint density at radius 3 is 2.83 bits per heavy atom. The lowest BCUT2D eigenvalue weighted by Crippen LogP contribution is -2.43. The number of hydrogen-bond donors (Lipinski definition) is 1. The summed E-state index contributed by atoms with van der Waals surface area (Å²) in [5.74, 6) is -2.91. The summed E-state index contributed by atoms with van der Waals surface area (Å²) >= 11 is 0. The van der Waals surface area contributed by atoms with Gasteiger partial charge in [-0.15, -0.1) is 0 Å². The molecular weight excluding hydrogens is 242 g/mol. The van der Waals surface area contributed by atoms with E-state index in [1.807, 2.05) is 0 Å². The normalized spacial score (nSPS) is 38.8. The molecule has 1 amide bonds. The second-order valence-corrected chi connectivity index (χ2v) is 5.81. The standard InChI is InChI=1S/C12H18F2N2O2/c13-12(14)5-9(15-6-12)10(17)16-3-1-11(7-16)2-4-18-8-11/h9,15H,1-8H2. The van der Waals surface area contributed by atoms with Crippen molar-refractivity contribution < 1.29 is 18.3 Å². The Kier molecular flexibility index (Phi) is 2.82. The Balaban J connectivity index is 1.61. The summed E-state index contributed by atoms with van der Waals surface area (Å²) in [5, 5.41) is 2.63. The van der Waals surface area contributed by atoms with Crippen LogP contribution < -0.4 is 5.32 Å². The Bertz CT molecular complexity index is 356. The summed E-state index contributed by atoms with van der Waals surface area (Å²) in [6.45, 7) is 2.40. The fourth-order valence-electron chi connectivity index (χ4n) is 3.21. The number of amides is 1. The van der Waals surface area contributed by atoms with Gasteiger partial charge >= 0.3 is 0 Å². The highest BCUT2D eigenvalue weighted by Gasteiger charge is 2.47. The third-order valence-corrected chi connectivity index (χ3v) is 4.34. The number of ether oxygens (including phenoxy) is 1. The SMILES string of the molecule is O=C(C1CC(F)(F)CN1)N1CCC2(CCOC2)C1. The average Bonchev–Trinajstić information content (AvgIpc) is 3.01. The molecule has 3 saturated heterocycles. The van der Waals surface area contributed by atoms with E-state index in [0.29, 0.717) is 19.7 Å². The van der Waals surface area contributed by atoms with Crippen LogP contribution in [-0.4, -0.2) is 55.6 Å². The minimum atomic E-state index is -2.74. The molecule has 1 spiro atoms. The van der Waals surface area contributed by atoms with Crippen molar-refractivity contribution >= 4 is 5.91 Å². The van der Waals surface area contributed by atoms with Crippen LogP contribution in [0.3, 0.4) is 0 Å². The molecule has 0 aromatic heterocycles. The van der Waals surface area contributed by atoms with E-state index in [2.05, 4.69) is 5.32 Å². The Morgan fingerprint density at radius 1 is 1.39 bits per heavy atom. The van der Waals surface area contributed by atoms with Crippen molar-refractivity contribution in [2.24, 2.45) is 5.41 Å². The van der Waals surface area contributed by atoms with Crippen LogP contribution in [0.4, 0.5) is 8.78 Å². The lowest BCUT2D eigenvalue weighted by Gasteiger charge is -2.24. The number of carbonyl (C=O) groups excluding carboxylic acids is 1. The van der Waals surface area contributed by atoms with Crippen LogP contribution in [0, 0.1) is 5.41 Å². The van der Waals surface area contributed by atoms with Crippen molar-refractivity contribution in [1.82, 2.24) is 10.2 Å². The molecular formula is C12H18F2N2O2. The zero-order valence-corrected chi connectivity index (χ0v) is 10.3. The van der Waals surface area contributed by atoms with Crippen molar-refractivity contribution in [3.05, 3.63) is 0 Å². The minimum absolute atomic E-state index is 0.0940. The molecule has 3 aliphatic rings. The van der Waals surface area contributed by atoms with E-state index in [1.165, 1.54) is 0 Å². The lowest BCUT2D eigenvalue weighted by atomic mass is 9.87. The molecule has 3 aliphatic heterocycles. The van der Waals surface area contributed by atoms with Crippen LogP contribution in [0.2, 0.25) is 0 Å². The Labute approximate surface area is 105 Å². The van der Waals surface area contributed by atoms with Gasteiger partial charge in [-0.1, -0.05) is 0 Å². The second-order valence-electron chi connectivity index (χ2n) is 5.81. The van der Waals surface area contributed by atoms with Crippen molar-refractivity contribution in [3.8, 4) is 0 Å². The van der Waals surface area contributed by atoms with Gasteiger partial charge in [0.1, 0.15) is 0 Å². The average molecular weight is 260 g/mol. The van der Waals surface area contributed by atoms with E-state index in [-0.39, 0.29) is 24.3 Å². The molecule has 0 radical (unpaired) electrons. The van der Waals surface area contributed by atoms with Gasteiger partial charge in [0.2, 0.25) is 5.91 Å². The highest BCUT2D eigenvalue weighted by Crippen LogP contribution is 2.39. The molecule has 0 saturated carbocycles. The van der Waals surface area contributed by atoms with Crippen molar-refractivity contribution in [2.75, 3.05) is 32.8 Å². The third-order valence-electron chi connectivity index (χ3n) is 4.34. The number of halogens is 2. The van der Waals surface area contributed by atoms with Crippen molar-refractivity contribution in [3.63, 3.8) is 0 Å². The molecule has 3 rings (SSSR count). The predicted molar refractivity (Wildman–Crippen MR) is 60.4 cm³/mol. The van der Waals surface area contributed by atoms with Gasteiger partial charge in [0.05, 0.1) is 19.2 Å². The highest BCUT2D eigenvalue weighted by atomic mass is 19.3. The first-order valence-corrected chi connectivity index (χ1v) is 6.48. The van der Waals surface area contributed by atoms with Gasteiger partial charge in [-0.2, -0.15) is 0 Å². The molecule has 0 aliphatic carbocycles. The van der Waals surface area contributed by atoms with Gasteiger partial charge in [-0.05, 0) is 12.8 Å². The maximum atomic E-state index is 13.1. The summed E-state index contributed by atoms with van der Waals surface area (Å²) in [6.07, 6.45) is 1.54. The summed E-state index contributed by atoms with van der Waals surface area (Å²) in [7, 11) is 0. The van der Waals surface area contributed by atoms with Crippen LogP contribution in [-0.2, 0) is 9.53 Å². The number of hydrogen-bond acceptors (Lipinski definition) is 3. The van der Waals surface area contributed by atoms with E-state index in [1.54, 1.807) is 4.90 Å². The molecule has 18 heavy (non-hydrogen) atoms. The predicted octanol–water partition coefficient (Wildman–Crippen LogP) is 0.623. The van der Waals surface area contributed by atoms with Crippen LogP contribution in [0.25, 0.3) is 0 Å². The van der Waals surface area contributed by atoms with E-state index < -0.39 is 12.0 Å². The largest absolute Gasteiger partial charge is 0.381 e. The molecule has 2 atom stereocenters. The number of likely N-dealkylation sites (tertiary alicyclic amines) is 1. The van der Waals surface area contributed by atoms with Crippen LogP contribution >= 0.6 is 0 Å². The monoisotopic (exact) mass is 260 g/mol. The van der Waals surface area contributed by atoms with Crippen molar-refractivity contribution in [2.45, 2.75) is 31.2 Å². The van der Waals surface area contributed by atoms with E-state index in [4.69, 9.17) is 4.74 Å². The zero-order valence-electron chi connectivity index (χ0n) is 10.3. The van der Waals surface area contributed by atoms with E-state index >= 15 is 0 Å². The number of carbonyl (C=O) groups is 1. The van der Waals surface area contributed by atoms with Gasteiger partial charge in [-0.3, -0.25) is 10.1 Å². The van der Waals surface area contributed by atoms with Crippen LogP contribution in [0.5, 0.6) is 0 Å². The summed E-state index contributed by atoms with van der Waals surface area (Å²) in [4.78, 5) is 13.9. The first-order chi connectivity index (χ1) is 8.50. The Morgan fingerprint density at radius 2 is 2.22 bits per heavy atom. The molecule has 0 bridgehead atoms. The van der Waals surface area contributed by atoms with Crippen LogP contribution in [0.1, 0.15) is 19.3 Å². The maximum absolute atomic E-state index is 13.1. The molecule has 4 nitrogen and oxygen atoms in total. The summed E-state index contributed by atoms with van der Waals surface area (Å²) in [6, 6.07) is -0.711. The molecule has 0 aromatic rings. The summed E-state index contributed by atoms with van der Waals surface area (Å²) in [5.41, 5.74) is 0.0940. The molecule has 2 unspecified atom stereocenters. The topological polar surface area (TPSA) is 41.6 Å². The molecule has 102 valence electrons. The lowest BCUT2D eigenvalue weighted by molar-refractivity contribution is -0.133. The summed E-state index contributed by atoms with van der Waals surface area (Å²) < 4.78 is 31.6. The maximum Gasteiger partial charge on any atom is 0.262 e. The molecule has 0 aromatic carbocycles. The zero-order chi connectivity index (χ0) is 12.8. The fraction of sp³-hybridized carbons (Fsp3) is 0.917. The second kappa shape index (κ2) is 4.13. The minimum Gasteiger partial charge on any atom is -0.381 e. The fourth-order valence-corrected chi connectivity index (χ4v) is 3.21. The number of nitrogens with one attached hydrogen (secondary N) is 1. The van der Waals surface area contributed by atoms with Crippen molar-refractivity contribution in [1.29, 1.82) is 0 Å². The van der Waals surface area contributed by atoms with E-state index in [9.17, 15) is 13.6 Å². The first-order valence-electron chi connectivity index (χ1n) is 6.48. The quantitative estimate of drug-likeness (QED) is 0.751. The smallest absolute Gasteiger partial charge is 0.262 e. The number of nitrogens with zero attached hydrogens (tertiary/aromatic N) is 1. The first kappa shape index (κ1) is 12.3. The number of alkyl halides is 2. The molecule has 3 heterocycles. The van der Waals surface area contributed by atoms with Gasteiger partial charge in [-0.25, -0.2) is 8.78 Å². The molecule has 3 fully saturated rings. The van der Waals surface area contributed by atoms with Gasteiger partial charge in [0, 0.05) is 31.5 Å². The third kappa shape index (κ3) is 2.12. The number of rotatable bonds is 1.